The van der Waals surface area contributed by atoms with Crippen molar-refractivity contribution in [3.8, 4) is 0 Å². The number of fused-ring (bicyclic) bond motifs is 1. The van der Waals surface area contributed by atoms with Crippen molar-refractivity contribution in [1.82, 2.24) is 4.90 Å². The quantitative estimate of drug-likeness (QED) is 0.491. The number of thioether (sulfide) groups is 1. The highest BCUT2D eigenvalue weighted by Gasteiger charge is 2.36. The van der Waals surface area contributed by atoms with E-state index in [1.54, 1.807) is 30.3 Å². The Balaban J connectivity index is 1.54. The lowest BCUT2D eigenvalue weighted by Gasteiger charge is -2.15. The number of aryl methyl sites for hydroxylation is 2. The van der Waals surface area contributed by atoms with Gasteiger partial charge in [0.25, 0.3) is 11.1 Å². The Bertz CT molecular complexity index is 1300. The molecule has 1 fully saturated rings. The average Bonchev–Trinajstić information content (AvgIpc) is 2.99. The molecule has 2 aromatic carbocycles. The Morgan fingerprint density at radius 1 is 1.06 bits per heavy atom. The molecule has 2 heterocycles. The molecule has 0 bridgehead atoms. The van der Waals surface area contributed by atoms with Crippen LogP contribution < -0.4 is 10.9 Å². The van der Waals surface area contributed by atoms with Gasteiger partial charge in [-0.15, -0.1) is 0 Å². The number of hydrogen-bond donors (Lipinski definition) is 1. The van der Waals surface area contributed by atoms with E-state index >= 15 is 0 Å². The van der Waals surface area contributed by atoms with Crippen LogP contribution in [0, 0.1) is 13.8 Å². The molecule has 1 aliphatic rings. The fourth-order valence-corrected chi connectivity index (χ4v) is 4.12. The molecule has 3 aromatic rings. The molecule has 1 aromatic heterocycles. The first-order chi connectivity index (χ1) is 14.8. The van der Waals surface area contributed by atoms with Crippen LogP contribution in [0.25, 0.3) is 17.0 Å². The van der Waals surface area contributed by atoms with Crippen molar-refractivity contribution < 1.29 is 18.8 Å². The zero-order valence-electron chi connectivity index (χ0n) is 16.8. The summed E-state index contributed by atoms with van der Waals surface area (Å²) in [6.45, 7) is 3.31. The normalized spacial score (nSPS) is 15.2. The summed E-state index contributed by atoms with van der Waals surface area (Å²) in [5, 5.41) is 2.89. The first kappa shape index (κ1) is 20.6. The molecule has 1 saturated heterocycles. The second-order valence-electron chi connectivity index (χ2n) is 7.11. The first-order valence-electron chi connectivity index (χ1n) is 9.48. The highest BCUT2D eigenvalue weighted by atomic mass is 32.2. The topological polar surface area (TPSA) is 96.7 Å². The van der Waals surface area contributed by atoms with Crippen LogP contribution in [-0.4, -0.2) is 28.5 Å². The Kier molecular flexibility index (Phi) is 5.48. The van der Waals surface area contributed by atoms with Gasteiger partial charge in [-0.05, 0) is 54.9 Å². The Morgan fingerprint density at radius 3 is 2.52 bits per heavy atom. The second-order valence-corrected chi connectivity index (χ2v) is 8.10. The van der Waals surface area contributed by atoms with E-state index in [-0.39, 0.29) is 10.5 Å². The first-order valence-corrected chi connectivity index (χ1v) is 10.3. The van der Waals surface area contributed by atoms with E-state index in [0.29, 0.717) is 28.4 Å². The lowest BCUT2D eigenvalue weighted by atomic mass is 10.1. The molecule has 7 nitrogen and oxygen atoms in total. The third-order valence-corrected chi connectivity index (χ3v) is 5.78. The molecule has 0 unspecified atom stereocenters. The summed E-state index contributed by atoms with van der Waals surface area (Å²) in [7, 11) is 0. The van der Waals surface area contributed by atoms with Crippen LogP contribution in [0.1, 0.15) is 16.7 Å². The van der Waals surface area contributed by atoms with Crippen molar-refractivity contribution in [2.24, 2.45) is 0 Å². The molecule has 0 radical (unpaired) electrons. The van der Waals surface area contributed by atoms with Crippen LogP contribution in [0.15, 0.2) is 62.6 Å². The summed E-state index contributed by atoms with van der Waals surface area (Å²) in [6.07, 6.45) is 1.33. The van der Waals surface area contributed by atoms with Crippen LogP contribution >= 0.6 is 11.8 Å². The van der Waals surface area contributed by atoms with Crippen LogP contribution in [0.5, 0.6) is 0 Å². The zero-order chi connectivity index (χ0) is 22.1. The van der Waals surface area contributed by atoms with Crippen molar-refractivity contribution in [2.45, 2.75) is 13.8 Å². The van der Waals surface area contributed by atoms with E-state index in [1.807, 2.05) is 32.0 Å². The molecule has 156 valence electrons. The monoisotopic (exact) mass is 434 g/mol. The number of hydrogen-bond acceptors (Lipinski definition) is 6. The highest BCUT2D eigenvalue weighted by molar-refractivity contribution is 8.18. The number of amides is 3. The van der Waals surface area contributed by atoms with Gasteiger partial charge in [0.05, 0.1) is 10.5 Å². The van der Waals surface area contributed by atoms with E-state index in [2.05, 4.69) is 5.32 Å². The van der Waals surface area contributed by atoms with Gasteiger partial charge in [-0.1, -0.05) is 36.4 Å². The third-order valence-electron chi connectivity index (χ3n) is 4.88. The van der Waals surface area contributed by atoms with Crippen LogP contribution in [0.2, 0.25) is 0 Å². The summed E-state index contributed by atoms with van der Waals surface area (Å²) < 4.78 is 5.26. The standard InChI is InChI=1S/C23H18N2O5S/c1-13-6-5-7-14(2)20(13)24-19(26)12-25-21(27)18(31-23(25)29)11-16-10-15-8-3-4-9-17(15)30-22(16)28/h3-11H,12H2,1-2H3,(H,24,26)/b18-11+. The molecule has 31 heavy (non-hydrogen) atoms. The lowest BCUT2D eigenvalue weighted by molar-refractivity contribution is -0.127. The fourth-order valence-electron chi connectivity index (χ4n) is 3.29. The lowest BCUT2D eigenvalue weighted by Crippen LogP contribution is -2.36. The third kappa shape index (κ3) is 4.15. The Hall–Kier alpha value is -3.65. The Labute approximate surface area is 181 Å². The Morgan fingerprint density at radius 2 is 1.77 bits per heavy atom. The minimum Gasteiger partial charge on any atom is -0.422 e. The second kappa shape index (κ2) is 8.23. The van der Waals surface area contributed by atoms with E-state index in [9.17, 15) is 19.2 Å². The number of nitrogens with zero attached hydrogens (tertiary/aromatic N) is 1. The molecule has 0 aliphatic carbocycles. The van der Waals surface area contributed by atoms with Crippen molar-refractivity contribution in [1.29, 1.82) is 0 Å². The summed E-state index contributed by atoms with van der Waals surface area (Å²) in [5.41, 5.74) is 2.39. The molecule has 1 aliphatic heterocycles. The average molecular weight is 434 g/mol. The number of anilines is 1. The van der Waals surface area contributed by atoms with Gasteiger partial charge >= 0.3 is 5.63 Å². The van der Waals surface area contributed by atoms with Gasteiger partial charge in [0.1, 0.15) is 12.1 Å². The maximum absolute atomic E-state index is 12.7. The molecular formula is C23H18N2O5S. The van der Waals surface area contributed by atoms with E-state index in [4.69, 9.17) is 4.42 Å². The van der Waals surface area contributed by atoms with Crippen molar-refractivity contribution in [3.05, 3.63) is 80.5 Å². The smallest absolute Gasteiger partial charge is 0.343 e. The SMILES string of the molecule is Cc1cccc(C)c1NC(=O)CN1C(=O)S/C(=C/c2cc3ccccc3oc2=O)C1=O. The van der Waals surface area contributed by atoms with Gasteiger partial charge in [0.2, 0.25) is 5.91 Å². The molecule has 3 amide bonds. The number of carbonyl (C=O) groups excluding carboxylic acids is 3. The van der Waals surface area contributed by atoms with Gasteiger partial charge < -0.3 is 9.73 Å². The minimum atomic E-state index is -0.626. The molecule has 0 spiro atoms. The molecule has 8 heteroatoms. The van der Waals surface area contributed by atoms with Gasteiger partial charge in [-0.3, -0.25) is 19.3 Å². The predicted octanol–water partition coefficient (Wildman–Crippen LogP) is 4.08. The summed E-state index contributed by atoms with van der Waals surface area (Å²) in [4.78, 5) is 50.7. The summed E-state index contributed by atoms with van der Waals surface area (Å²) in [6, 6.07) is 14.2. The van der Waals surface area contributed by atoms with Gasteiger partial charge in [0, 0.05) is 11.1 Å². The van der Waals surface area contributed by atoms with Crippen LogP contribution in [0.4, 0.5) is 10.5 Å². The largest absolute Gasteiger partial charge is 0.422 e. The number of nitrogens with one attached hydrogen (secondary N) is 1. The molecule has 4 rings (SSSR count). The maximum atomic E-state index is 12.7. The summed E-state index contributed by atoms with van der Waals surface area (Å²) in [5.74, 6) is -1.11. The van der Waals surface area contributed by atoms with Crippen LogP contribution in [0.3, 0.4) is 0 Å². The van der Waals surface area contributed by atoms with E-state index in [0.717, 1.165) is 16.0 Å². The minimum absolute atomic E-state index is 0.0625. The number of carbonyl (C=O) groups is 3. The van der Waals surface area contributed by atoms with E-state index < -0.39 is 29.2 Å². The number of rotatable bonds is 4. The number of imide groups is 1. The fraction of sp³-hybridized carbons (Fsp3) is 0.130. The number of benzene rings is 2. The van der Waals surface area contributed by atoms with Crippen LogP contribution in [-0.2, 0) is 9.59 Å². The predicted molar refractivity (Wildman–Crippen MR) is 120 cm³/mol. The van der Waals surface area contributed by atoms with Crippen molar-refractivity contribution in [3.63, 3.8) is 0 Å². The molecule has 1 N–H and O–H groups in total. The summed E-state index contributed by atoms with van der Waals surface area (Å²) >= 11 is 0.683. The van der Waals surface area contributed by atoms with Gasteiger partial charge in [-0.2, -0.15) is 0 Å². The maximum Gasteiger partial charge on any atom is 0.343 e. The van der Waals surface area contributed by atoms with Gasteiger partial charge in [-0.25, -0.2) is 4.79 Å². The molecular weight excluding hydrogens is 416 g/mol. The molecule has 0 atom stereocenters. The highest BCUT2D eigenvalue weighted by Crippen LogP contribution is 2.32. The zero-order valence-corrected chi connectivity index (χ0v) is 17.6. The molecule has 0 saturated carbocycles. The number of para-hydroxylation sites is 2. The van der Waals surface area contributed by atoms with Crippen molar-refractivity contribution >= 4 is 51.5 Å². The van der Waals surface area contributed by atoms with Gasteiger partial charge in [0.15, 0.2) is 0 Å². The van der Waals surface area contributed by atoms with E-state index in [1.165, 1.54) is 6.08 Å². The van der Waals surface area contributed by atoms with Crippen molar-refractivity contribution in [2.75, 3.05) is 11.9 Å².